The molecule has 152 valence electrons. The summed E-state index contributed by atoms with van der Waals surface area (Å²) in [5.74, 6) is -0.548. The van der Waals surface area contributed by atoms with Gasteiger partial charge in [0.1, 0.15) is 6.61 Å². The average molecular weight is 421 g/mol. The number of pyridine rings is 1. The van der Waals surface area contributed by atoms with Crippen LogP contribution in [0.3, 0.4) is 0 Å². The Hall–Kier alpha value is -3.18. The molecule has 1 aliphatic heterocycles. The second kappa shape index (κ2) is 8.28. The minimum absolute atomic E-state index is 0.0202. The second-order valence-electron chi connectivity index (χ2n) is 7.27. The Balaban J connectivity index is 1.52. The molecule has 4 rings (SSSR count). The number of carbonyl (C=O) groups excluding carboxylic acids is 2. The van der Waals surface area contributed by atoms with Crippen molar-refractivity contribution in [3.63, 3.8) is 0 Å². The van der Waals surface area contributed by atoms with E-state index in [4.69, 9.17) is 16.3 Å². The number of nitrogens with zero attached hydrogens (tertiary/aromatic N) is 2. The van der Waals surface area contributed by atoms with Crippen LogP contribution in [-0.4, -0.2) is 21.8 Å². The van der Waals surface area contributed by atoms with Gasteiger partial charge in [-0.15, -0.1) is 0 Å². The Morgan fingerprint density at radius 3 is 2.67 bits per heavy atom. The molecule has 5 nitrogen and oxygen atoms in total. The zero-order valence-corrected chi connectivity index (χ0v) is 17.5. The van der Waals surface area contributed by atoms with Gasteiger partial charge in [0.15, 0.2) is 0 Å². The fraction of sp³-hybridized carbons (Fsp3) is 0.208. The lowest BCUT2D eigenvalue weighted by atomic mass is 9.94. The van der Waals surface area contributed by atoms with Gasteiger partial charge in [-0.3, -0.25) is 9.59 Å². The zero-order chi connectivity index (χ0) is 21.3. The van der Waals surface area contributed by atoms with Crippen LogP contribution < -0.4 is 0 Å². The SMILES string of the molecule is CC(=O)N1C=Cc2ccccc2[C@H]1CC(=O)OCc1nc2ccccc2c(C)c1Cl. The zero-order valence-electron chi connectivity index (χ0n) is 16.8. The Bertz CT molecular complexity index is 1170. The first-order valence-electron chi connectivity index (χ1n) is 9.71. The third kappa shape index (κ3) is 3.81. The molecule has 1 atom stereocenters. The highest BCUT2D eigenvalue weighted by Gasteiger charge is 2.29. The molecular formula is C24H21ClN2O3. The number of benzene rings is 2. The van der Waals surface area contributed by atoms with Gasteiger partial charge in [-0.05, 0) is 35.8 Å². The van der Waals surface area contributed by atoms with Crippen LogP contribution in [0.2, 0.25) is 5.02 Å². The molecule has 0 aliphatic carbocycles. The molecule has 0 saturated heterocycles. The van der Waals surface area contributed by atoms with E-state index in [-0.39, 0.29) is 18.9 Å². The number of aromatic nitrogens is 1. The van der Waals surface area contributed by atoms with E-state index in [1.54, 1.807) is 11.1 Å². The predicted molar refractivity (Wildman–Crippen MR) is 117 cm³/mol. The molecule has 6 heteroatoms. The minimum atomic E-state index is -0.417. The number of para-hydroxylation sites is 1. The third-order valence-corrected chi connectivity index (χ3v) is 5.85. The van der Waals surface area contributed by atoms with Crippen LogP contribution in [0.15, 0.2) is 54.7 Å². The predicted octanol–water partition coefficient (Wildman–Crippen LogP) is 5.20. The van der Waals surface area contributed by atoms with Crippen molar-refractivity contribution < 1.29 is 14.3 Å². The maximum Gasteiger partial charge on any atom is 0.308 e. The molecular weight excluding hydrogens is 400 g/mol. The summed E-state index contributed by atoms with van der Waals surface area (Å²) in [4.78, 5) is 30.9. The molecule has 0 unspecified atom stereocenters. The van der Waals surface area contributed by atoms with E-state index in [9.17, 15) is 9.59 Å². The number of ether oxygens (including phenoxy) is 1. The summed E-state index contributed by atoms with van der Waals surface area (Å²) < 4.78 is 5.51. The molecule has 2 aromatic carbocycles. The van der Waals surface area contributed by atoms with Gasteiger partial charge in [0, 0.05) is 18.5 Å². The standard InChI is InChI=1S/C24H21ClN2O3/c1-15-18-8-5-6-10-20(18)26-21(24(15)25)14-30-23(29)13-22-19-9-4-3-7-17(19)11-12-27(22)16(2)28/h3-12,22H,13-14H2,1-2H3/t22-/m1/s1. The molecule has 30 heavy (non-hydrogen) atoms. The first kappa shape index (κ1) is 20.1. The fourth-order valence-electron chi connectivity index (χ4n) is 3.79. The van der Waals surface area contributed by atoms with E-state index >= 15 is 0 Å². The largest absolute Gasteiger partial charge is 0.459 e. The van der Waals surface area contributed by atoms with Crippen LogP contribution in [0.5, 0.6) is 0 Å². The summed E-state index contributed by atoms with van der Waals surface area (Å²) in [5.41, 5.74) is 4.14. The van der Waals surface area contributed by atoms with Gasteiger partial charge >= 0.3 is 5.97 Å². The van der Waals surface area contributed by atoms with Crippen LogP contribution in [0.25, 0.3) is 17.0 Å². The molecule has 0 bridgehead atoms. The van der Waals surface area contributed by atoms with Crippen molar-refractivity contribution in [3.8, 4) is 0 Å². The first-order chi connectivity index (χ1) is 14.5. The molecule has 1 aromatic heterocycles. The summed E-state index contributed by atoms with van der Waals surface area (Å²) in [6.07, 6.45) is 3.64. The lowest BCUT2D eigenvalue weighted by Crippen LogP contribution is -2.32. The Morgan fingerprint density at radius 2 is 1.87 bits per heavy atom. The minimum Gasteiger partial charge on any atom is -0.459 e. The lowest BCUT2D eigenvalue weighted by Gasteiger charge is -2.32. The van der Waals surface area contributed by atoms with Gasteiger partial charge < -0.3 is 9.64 Å². The molecule has 0 saturated carbocycles. The van der Waals surface area contributed by atoms with Gasteiger partial charge in [0.25, 0.3) is 0 Å². The number of halogens is 1. The maximum atomic E-state index is 12.7. The third-order valence-electron chi connectivity index (χ3n) is 5.35. The van der Waals surface area contributed by atoms with Crippen LogP contribution in [0, 0.1) is 6.92 Å². The number of fused-ring (bicyclic) bond motifs is 2. The number of carbonyl (C=O) groups is 2. The van der Waals surface area contributed by atoms with Crippen molar-refractivity contribution in [2.45, 2.75) is 32.9 Å². The average Bonchev–Trinajstić information content (AvgIpc) is 2.75. The Morgan fingerprint density at radius 1 is 1.13 bits per heavy atom. The summed E-state index contributed by atoms with van der Waals surface area (Å²) >= 11 is 6.46. The van der Waals surface area contributed by atoms with E-state index in [1.807, 2.05) is 61.5 Å². The Labute approximate surface area is 179 Å². The number of amides is 1. The van der Waals surface area contributed by atoms with E-state index in [0.717, 1.165) is 27.6 Å². The first-order valence-corrected chi connectivity index (χ1v) is 10.1. The lowest BCUT2D eigenvalue weighted by molar-refractivity contribution is -0.147. The number of esters is 1. The molecule has 0 N–H and O–H groups in total. The highest BCUT2D eigenvalue weighted by molar-refractivity contribution is 6.32. The summed E-state index contributed by atoms with van der Waals surface area (Å²) in [6.45, 7) is 3.39. The second-order valence-corrected chi connectivity index (χ2v) is 7.64. The quantitative estimate of drug-likeness (QED) is 0.544. The van der Waals surface area contributed by atoms with Gasteiger partial charge in [0.05, 0.1) is 28.7 Å². The summed E-state index contributed by atoms with van der Waals surface area (Å²) in [6, 6.07) is 15.0. The molecule has 2 heterocycles. The highest BCUT2D eigenvalue weighted by Crippen LogP contribution is 2.33. The van der Waals surface area contributed by atoms with Crippen LogP contribution >= 0.6 is 11.6 Å². The topological polar surface area (TPSA) is 59.5 Å². The van der Waals surface area contributed by atoms with Crippen LogP contribution in [0.4, 0.5) is 0 Å². The van der Waals surface area contributed by atoms with Gasteiger partial charge in [-0.2, -0.15) is 0 Å². The van der Waals surface area contributed by atoms with Gasteiger partial charge in [0.2, 0.25) is 5.91 Å². The maximum absolute atomic E-state index is 12.7. The van der Waals surface area contributed by atoms with Crippen LogP contribution in [-0.2, 0) is 20.9 Å². The van der Waals surface area contributed by atoms with Gasteiger partial charge in [-0.25, -0.2) is 4.98 Å². The molecule has 0 fully saturated rings. The van der Waals surface area contributed by atoms with E-state index in [1.165, 1.54) is 6.92 Å². The fourth-order valence-corrected chi connectivity index (χ4v) is 3.99. The van der Waals surface area contributed by atoms with Crippen molar-refractivity contribution in [1.29, 1.82) is 0 Å². The van der Waals surface area contributed by atoms with Crippen molar-refractivity contribution in [1.82, 2.24) is 9.88 Å². The van der Waals surface area contributed by atoms with Crippen molar-refractivity contribution >= 4 is 40.5 Å². The summed E-state index contributed by atoms with van der Waals surface area (Å²) in [7, 11) is 0. The molecule has 0 radical (unpaired) electrons. The van der Waals surface area contributed by atoms with E-state index in [0.29, 0.717) is 10.7 Å². The van der Waals surface area contributed by atoms with Crippen molar-refractivity contribution in [2.24, 2.45) is 0 Å². The Kier molecular flexibility index (Phi) is 5.55. The molecule has 3 aromatic rings. The molecule has 1 aliphatic rings. The monoisotopic (exact) mass is 420 g/mol. The van der Waals surface area contributed by atoms with E-state index in [2.05, 4.69) is 4.98 Å². The number of hydrogen-bond donors (Lipinski definition) is 0. The van der Waals surface area contributed by atoms with Crippen molar-refractivity contribution in [3.05, 3.63) is 82.1 Å². The number of aryl methyl sites for hydroxylation is 1. The van der Waals surface area contributed by atoms with Crippen LogP contribution in [0.1, 0.15) is 41.8 Å². The molecule has 1 amide bonds. The number of rotatable bonds is 4. The molecule has 0 spiro atoms. The number of hydrogen-bond acceptors (Lipinski definition) is 4. The highest BCUT2D eigenvalue weighted by atomic mass is 35.5. The summed E-state index contributed by atoms with van der Waals surface area (Å²) in [5, 5.41) is 1.47. The van der Waals surface area contributed by atoms with Gasteiger partial charge in [-0.1, -0.05) is 54.1 Å². The normalized spacial score (nSPS) is 15.2. The van der Waals surface area contributed by atoms with E-state index < -0.39 is 12.0 Å². The smallest absolute Gasteiger partial charge is 0.308 e. The van der Waals surface area contributed by atoms with Crippen molar-refractivity contribution in [2.75, 3.05) is 0 Å².